The van der Waals surface area contributed by atoms with Crippen LogP contribution in [0, 0.1) is 48.5 Å². The Hall–Kier alpha value is -9.82. The fraction of sp³-hybridized carbons (Fsp3) is 0.153. The van der Waals surface area contributed by atoms with Crippen molar-refractivity contribution in [1.29, 1.82) is 0 Å². The van der Waals surface area contributed by atoms with Gasteiger partial charge in [-0.05, 0) is 27.7 Å². The van der Waals surface area contributed by atoms with Crippen molar-refractivity contribution in [2.24, 2.45) is 0 Å². The van der Waals surface area contributed by atoms with Crippen LogP contribution in [0.2, 0.25) is 0 Å². The molecule has 0 spiro atoms. The third-order valence-electron chi connectivity index (χ3n) is 20.7. The Morgan fingerprint density at radius 3 is 0.978 bits per heavy atom. The molecule has 0 aromatic heterocycles. The van der Waals surface area contributed by atoms with Gasteiger partial charge in [-0.3, -0.25) is 0 Å². The summed E-state index contributed by atoms with van der Waals surface area (Å²) in [6.45, 7) is 25.2. The standard InChI is InChI=1S/C85H72GeN4O/c1-51-17-29-59(30-18-51)87(60-31-19-52(2)20-32-60)65-41-43-67-69-49-75-80-82(77(69)84(8,9)71(67)47-65)91-83-78-70(68-44-42-66(48-72(68)85(78,10)11)88(61-33-21-53(3)22-34-61)62-35-23-54(4)24-36-62)50-76-81(83)86(80,58-15-13-12-14-16-58)79-73(89(75)63-37-25-55(5)26-38-63)45-57(7)46-74(79)90(76)64-39-27-56(6)28-40-64/h12-50H,1-11H3. The number of anilines is 12. The average molecular weight is 1240 g/mol. The first-order valence-electron chi connectivity index (χ1n) is 32.2. The topological polar surface area (TPSA) is 22.2 Å². The van der Waals surface area contributed by atoms with Crippen molar-refractivity contribution in [3.8, 4) is 33.8 Å². The molecule has 0 amide bonds. The first-order valence-corrected chi connectivity index (χ1v) is 36.4. The number of benzene rings is 12. The number of ether oxygens (including phenoxy) is 1. The zero-order valence-corrected chi connectivity index (χ0v) is 55.8. The molecule has 442 valence electrons. The van der Waals surface area contributed by atoms with Gasteiger partial charge >= 0.3 is 514 Å². The van der Waals surface area contributed by atoms with Crippen molar-refractivity contribution in [2.45, 2.75) is 87.0 Å². The van der Waals surface area contributed by atoms with E-state index in [1.807, 2.05) is 0 Å². The van der Waals surface area contributed by atoms with Crippen LogP contribution in [0.5, 0.6) is 11.5 Å². The quantitative estimate of drug-likeness (QED) is 0.134. The van der Waals surface area contributed by atoms with E-state index in [4.69, 9.17) is 4.74 Å². The third kappa shape index (κ3) is 7.96. The van der Waals surface area contributed by atoms with Crippen LogP contribution in [0.25, 0.3) is 22.3 Å². The first kappa shape index (κ1) is 55.3. The molecule has 0 radical (unpaired) electrons. The second kappa shape index (κ2) is 19.8. The number of hydrogen-bond acceptors (Lipinski definition) is 5. The van der Waals surface area contributed by atoms with Gasteiger partial charge < -0.3 is 0 Å². The van der Waals surface area contributed by atoms with Crippen LogP contribution in [0.15, 0.2) is 237 Å². The van der Waals surface area contributed by atoms with Crippen LogP contribution < -0.4 is 41.9 Å². The number of rotatable bonds is 9. The van der Waals surface area contributed by atoms with Crippen molar-refractivity contribution in [3.63, 3.8) is 0 Å². The number of fused-ring (bicyclic) bond motifs is 8. The average Bonchev–Trinajstić information content (AvgIpc) is 1.59. The Balaban J connectivity index is 0.982. The minimum absolute atomic E-state index is 0.508. The predicted molar refractivity (Wildman–Crippen MR) is 384 cm³/mol. The Bertz CT molecular complexity index is 4630. The number of nitrogens with zero attached hydrogens (tertiary/aromatic N) is 4. The van der Waals surface area contributed by atoms with Gasteiger partial charge in [0.1, 0.15) is 0 Å². The van der Waals surface area contributed by atoms with Crippen molar-refractivity contribution in [3.05, 3.63) is 298 Å². The molecule has 3 aliphatic heterocycles. The summed E-state index contributed by atoms with van der Waals surface area (Å²) in [7, 11) is 0. The summed E-state index contributed by atoms with van der Waals surface area (Å²) >= 11 is -4.45. The van der Waals surface area contributed by atoms with Crippen LogP contribution >= 0.6 is 0 Å². The number of hydrogen-bond donors (Lipinski definition) is 0. The minimum atomic E-state index is -4.45. The summed E-state index contributed by atoms with van der Waals surface area (Å²) in [5, 5.41) is 0. The molecular weight excluding hydrogens is 1170 g/mol. The van der Waals surface area contributed by atoms with Crippen molar-refractivity contribution >= 4 is 99.1 Å². The van der Waals surface area contributed by atoms with E-state index in [1.54, 1.807) is 0 Å². The van der Waals surface area contributed by atoms with Crippen LogP contribution in [0.3, 0.4) is 0 Å². The molecule has 3 heterocycles. The summed E-state index contributed by atoms with van der Waals surface area (Å²) in [4.78, 5) is 10.1. The van der Waals surface area contributed by atoms with E-state index in [1.165, 1.54) is 124 Å². The maximum atomic E-state index is 8.60. The van der Waals surface area contributed by atoms with Crippen molar-refractivity contribution in [2.75, 3.05) is 19.6 Å². The van der Waals surface area contributed by atoms with E-state index in [0.29, 0.717) is 0 Å². The van der Waals surface area contributed by atoms with Gasteiger partial charge in [-0.15, -0.1) is 0 Å². The second-order valence-corrected chi connectivity index (χ2v) is 35.0. The van der Waals surface area contributed by atoms with E-state index in [2.05, 4.69) is 332 Å². The zero-order chi connectivity index (χ0) is 62.1. The summed E-state index contributed by atoms with van der Waals surface area (Å²) in [6, 6.07) is 90.9. The van der Waals surface area contributed by atoms with E-state index in [-0.39, 0.29) is 0 Å². The Kier molecular flexibility index (Phi) is 12.0. The van der Waals surface area contributed by atoms with E-state index < -0.39 is 24.1 Å². The van der Waals surface area contributed by atoms with Crippen LogP contribution in [0.1, 0.15) is 88.9 Å². The number of aryl methyl sites for hydroxylation is 7. The van der Waals surface area contributed by atoms with E-state index in [0.717, 1.165) is 57.0 Å². The summed E-state index contributed by atoms with van der Waals surface area (Å²) in [5.41, 5.74) is 31.5. The van der Waals surface area contributed by atoms with Gasteiger partial charge in [-0.2, -0.15) is 0 Å². The van der Waals surface area contributed by atoms with Crippen LogP contribution in [-0.4, -0.2) is 13.3 Å². The van der Waals surface area contributed by atoms with Crippen LogP contribution in [-0.2, 0) is 10.8 Å². The van der Waals surface area contributed by atoms with Gasteiger partial charge in [0.25, 0.3) is 0 Å². The molecule has 2 aliphatic carbocycles. The Morgan fingerprint density at radius 1 is 0.308 bits per heavy atom. The first-order chi connectivity index (χ1) is 44.0. The predicted octanol–water partition coefficient (Wildman–Crippen LogP) is 20.4. The van der Waals surface area contributed by atoms with Crippen LogP contribution in [0.4, 0.5) is 68.2 Å². The van der Waals surface area contributed by atoms with Gasteiger partial charge in [-0.1, -0.05) is 0 Å². The van der Waals surface area contributed by atoms with E-state index in [9.17, 15) is 0 Å². The molecule has 0 N–H and O–H groups in total. The summed E-state index contributed by atoms with van der Waals surface area (Å²) in [5.74, 6) is 2.05. The molecule has 5 nitrogen and oxygen atoms in total. The van der Waals surface area contributed by atoms with Gasteiger partial charge in [0, 0.05) is 0 Å². The SMILES string of the molecule is Cc1ccc(N(c2ccc(C)cc2)c2ccc3c(c2)C(C)(C)c2c-3cc3[c]4c2Oc2c5c(cc6[c]2[Ge]4([c]2ccccc2)[c]2c(cc(C)cc2N6c2ccc(C)cc2)N3c2ccc(C)cc2)-c2ccc(N(c3ccc(C)cc3)c3ccc(C)cc3)cc2C5(C)C)cc1. The molecular formula is C85H72GeN4O. The normalized spacial score (nSPS) is 14.8. The Labute approximate surface area is 538 Å². The molecule has 0 bridgehead atoms. The summed E-state index contributed by atoms with van der Waals surface area (Å²) in [6.07, 6.45) is 0. The molecule has 0 saturated carbocycles. The van der Waals surface area contributed by atoms with Gasteiger partial charge in [0.15, 0.2) is 0 Å². The molecule has 0 saturated heterocycles. The molecule has 91 heavy (non-hydrogen) atoms. The molecule has 0 fully saturated rings. The fourth-order valence-electron chi connectivity index (χ4n) is 16.3. The maximum absolute atomic E-state index is 8.60. The van der Waals surface area contributed by atoms with Crippen molar-refractivity contribution in [1.82, 2.24) is 0 Å². The van der Waals surface area contributed by atoms with Gasteiger partial charge in [-0.25, -0.2) is 0 Å². The molecule has 6 heteroatoms. The fourth-order valence-corrected chi connectivity index (χ4v) is 28.1. The van der Waals surface area contributed by atoms with E-state index >= 15 is 0 Å². The van der Waals surface area contributed by atoms with Crippen molar-refractivity contribution < 1.29 is 4.74 Å². The third-order valence-corrected chi connectivity index (χ3v) is 31.1. The molecule has 5 aliphatic rings. The molecule has 12 aromatic rings. The van der Waals surface area contributed by atoms with Gasteiger partial charge in [0.2, 0.25) is 0 Å². The molecule has 0 unspecified atom stereocenters. The van der Waals surface area contributed by atoms with Gasteiger partial charge in [0.05, 0.1) is 0 Å². The summed E-state index contributed by atoms with van der Waals surface area (Å²) < 4.78 is 14.2. The Morgan fingerprint density at radius 2 is 0.626 bits per heavy atom. The second-order valence-electron chi connectivity index (χ2n) is 27.5. The molecule has 17 rings (SSSR count). The zero-order valence-electron chi connectivity index (χ0n) is 53.7. The molecule has 0 atom stereocenters. The molecule has 12 aromatic carbocycles. The monoisotopic (exact) mass is 1240 g/mol.